The van der Waals surface area contributed by atoms with Crippen LogP contribution in [0, 0.1) is 18.3 Å². The SMILES string of the molecule is COc1cc(/C=C(\C#N)C(=O)Nc2c(C)cccc2Cl)ccc1OCc1ccccc1. The first-order valence-electron chi connectivity index (χ1n) is 9.55. The lowest BCUT2D eigenvalue weighted by molar-refractivity contribution is -0.112. The molecule has 3 aromatic rings. The number of carbonyl (C=O) groups excluding carboxylic acids is 1. The van der Waals surface area contributed by atoms with Gasteiger partial charge in [0.1, 0.15) is 18.2 Å². The van der Waals surface area contributed by atoms with Crippen molar-refractivity contribution in [1.29, 1.82) is 5.26 Å². The second-order valence-corrected chi connectivity index (χ2v) is 7.15. The fraction of sp³-hybridized carbons (Fsp3) is 0.120. The first-order valence-corrected chi connectivity index (χ1v) is 9.92. The van der Waals surface area contributed by atoms with Crippen LogP contribution in [0.2, 0.25) is 5.02 Å². The third-order valence-corrected chi connectivity index (χ3v) is 4.88. The second kappa shape index (κ2) is 10.3. The maximum Gasteiger partial charge on any atom is 0.266 e. The summed E-state index contributed by atoms with van der Waals surface area (Å²) < 4.78 is 11.3. The minimum atomic E-state index is -0.540. The minimum absolute atomic E-state index is 0.0562. The van der Waals surface area contributed by atoms with E-state index in [1.54, 1.807) is 30.3 Å². The van der Waals surface area contributed by atoms with Gasteiger partial charge in [-0.2, -0.15) is 5.26 Å². The summed E-state index contributed by atoms with van der Waals surface area (Å²) in [5.41, 5.74) is 2.90. The van der Waals surface area contributed by atoms with Gasteiger partial charge in [0.25, 0.3) is 5.91 Å². The minimum Gasteiger partial charge on any atom is -0.493 e. The van der Waals surface area contributed by atoms with E-state index in [1.807, 2.05) is 49.4 Å². The van der Waals surface area contributed by atoms with Gasteiger partial charge in [0.15, 0.2) is 11.5 Å². The normalized spacial score (nSPS) is 10.8. The lowest BCUT2D eigenvalue weighted by Crippen LogP contribution is -2.14. The van der Waals surface area contributed by atoms with Crippen molar-refractivity contribution < 1.29 is 14.3 Å². The number of carbonyl (C=O) groups is 1. The molecule has 0 aliphatic carbocycles. The summed E-state index contributed by atoms with van der Waals surface area (Å²) in [6, 6.07) is 22.3. The number of nitriles is 1. The molecule has 0 aliphatic heterocycles. The molecule has 0 fully saturated rings. The molecule has 0 atom stereocenters. The smallest absolute Gasteiger partial charge is 0.266 e. The van der Waals surface area contributed by atoms with Crippen molar-refractivity contribution in [2.45, 2.75) is 13.5 Å². The summed E-state index contributed by atoms with van der Waals surface area (Å²) in [7, 11) is 1.54. The zero-order valence-electron chi connectivity index (χ0n) is 17.2. The molecule has 0 aliphatic rings. The number of anilines is 1. The summed E-state index contributed by atoms with van der Waals surface area (Å²) in [6.45, 7) is 2.23. The predicted molar refractivity (Wildman–Crippen MR) is 122 cm³/mol. The van der Waals surface area contributed by atoms with Crippen LogP contribution in [0.1, 0.15) is 16.7 Å². The van der Waals surface area contributed by atoms with E-state index in [-0.39, 0.29) is 5.57 Å². The third-order valence-electron chi connectivity index (χ3n) is 4.56. The molecule has 3 aromatic carbocycles. The fourth-order valence-corrected chi connectivity index (χ4v) is 3.18. The van der Waals surface area contributed by atoms with Crippen molar-refractivity contribution in [3.63, 3.8) is 0 Å². The highest BCUT2D eigenvalue weighted by Crippen LogP contribution is 2.30. The number of ether oxygens (including phenoxy) is 2. The highest BCUT2D eigenvalue weighted by atomic mass is 35.5. The topological polar surface area (TPSA) is 71.3 Å². The summed E-state index contributed by atoms with van der Waals surface area (Å²) in [4.78, 5) is 12.6. The number of rotatable bonds is 7. The Morgan fingerprint density at radius 1 is 1.10 bits per heavy atom. The van der Waals surface area contributed by atoms with Gasteiger partial charge in [-0.1, -0.05) is 60.1 Å². The van der Waals surface area contributed by atoms with Crippen LogP contribution >= 0.6 is 11.6 Å². The number of hydrogen-bond acceptors (Lipinski definition) is 4. The second-order valence-electron chi connectivity index (χ2n) is 6.74. The van der Waals surface area contributed by atoms with Crippen molar-refractivity contribution in [1.82, 2.24) is 0 Å². The van der Waals surface area contributed by atoms with Gasteiger partial charge in [0.05, 0.1) is 17.8 Å². The molecule has 31 heavy (non-hydrogen) atoms. The zero-order chi connectivity index (χ0) is 22.2. The molecule has 0 radical (unpaired) electrons. The Morgan fingerprint density at radius 3 is 2.55 bits per heavy atom. The van der Waals surface area contributed by atoms with E-state index in [0.29, 0.717) is 34.4 Å². The van der Waals surface area contributed by atoms with E-state index < -0.39 is 5.91 Å². The Bertz CT molecular complexity index is 1130. The first kappa shape index (κ1) is 21.9. The van der Waals surface area contributed by atoms with Gasteiger partial charge in [-0.25, -0.2) is 0 Å². The molecule has 156 valence electrons. The number of para-hydroxylation sites is 1. The van der Waals surface area contributed by atoms with E-state index >= 15 is 0 Å². The van der Waals surface area contributed by atoms with Gasteiger partial charge < -0.3 is 14.8 Å². The maximum atomic E-state index is 12.6. The molecule has 3 rings (SSSR count). The van der Waals surface area contributed by atoms with Crippen LogP contribution in [-0.4, -0.2) is 13.0 Å². The van der Waals surface area contributed by atoms with Gasteiger partial charge in [-0.15, -0.1) is 0 Å². The third kappa shape index (κ3) is 5.65. The standard InChI is InChI=1S/C25H21ClN2O3/c1-17-7-6-10-21(26)24(17)28-25(29)20(15-27)13-19-11-12-22(23(14-19)30-2)31-16-18-8-4-3-5-9-18/h3-14H,16H2,1-2H3,(H,28,29)/b20-13+. The monoisotopic (exact) mass is 432 g/mol. The maximum absolute atomic E-state index is 12.6. The van der Waals surface area contributed by atoms with E-state index in [0.717, 1.165) is 11.1 Å². The van der Waals surface area contributed by atoms with Crippen molar-refractivity contribution in [3.8, 4) is 17.6 Å². The number of benzene rings is 3. The van der Waals surface area contributed by atoms with E-state index in [1.165, 1.54) is 13.2 Å². The highest BCUT2D eigenvalue weighted by Gasteiger charge is 2.14. The average Bonchev–Trinajstić information content (AvgIpc) is 2.79. The Morgan fingerprint density at radius 2 is 1.87 bits per heavy atom. The summed E-state index contributed by atoms with van der Waals surface area (Å²) in [5.74, 6) is 0.532. The Balaban J connectivity index is 1.78. The van der Waals surface area contributed by atoms with Crippen LogP contribution in [0.5, 0.6) is 11.5 Å². The fourth-order valence-electron chi connectivity index (χ4n) is 2.91. The predicted octanol–water partition coefficient (Wildman–Crippen LogP) is 5.78. The molecule has 0 aromatic heterocycles. The number of amides is 1. The number of nitrogens with one attached hydrogen (secondary N) is 1. The zero-order valence-corrected chi connectivity index (χ0v) is 17.9. The van der Waals surface area contributed by atoms with Gasteiger partial charge in [-0.05, 0) is 47.9 Å². The van der Waals surface area contributed by atoms with E-state index in [2.05, 4.69) is 5.32 Å². The molecule has 0 saturated carbocycles. The summed E-state index contributed by atoms with van der Waals surface area (Å²) >= 11 is 6.17. The van der Waals surface area contributed by atoms with Gasteiger partial charge in [0.2, 0.25) is 0 Å². The molecule has 1 amide bonds. The van der Waals surface area contributed by atoms with Crippen LogP contribution in [0.3, 0.4) is 0 Å². The number of aryl methyl sites for hydroxylation is 1. The average molecular weight is 433 g/mol. The summed E-state index contributed by atoms with van der Waals surface area (Å²) in [5, 5.41) is 12.6. The molecule has 1 N–H and O–H groups in total. The molecule has 0 spiro atoms. The Kier molecular flexibility index (Phi) is 7.31. The molecule has 0 unspecified atom stereocenters. The molecule has 5 nitrogen and oxygen atoms in total. The Labute approximate surface area is 186 Å². The Hall–Kier alpha value is -3.75. The number of hydrogen-bond donors (Lipinski definition) is 1. The van der Waals surface area contributed by atoms with Crippen molar-refractivity contribution >= 4 is 29.3 Å². The number of halogens is 1. The highest BCUT2D eigenvalue weighted by molar-refractivity contribution is 6.34. The largest absolute Gasteiger partial charge is 0.493 e. The number of nitrogens with zero attached hydrogens (tertiary/aromatic N) is 1. The molecular formula is C25H21ClN2O3. The van der Waals surface area contributed by atoms with Crippen molar-refractivity contribution in [2.24, 2.45) is 0 Å². The molecular weight excluding hydrogens is 412 g/mol. The van der Waals surface area contributed by atoms with Crippen LogP contribution in [0.25, 0.3) is 6.08 Å². The van der Waals surface area contributed by atoms with Crippen LogP contribution < -0.4 is 14.8 Å². The number of methoxy groups -OCH3 is 1. The van der Waals surface area contributed by atoms with Crippen LogP contribution in [-0.2, 0) is 11.4 Å². The lowest BCUT2D eigenvalue weighted by atomic mass is 10.1. The lowest BCUT2D eigenvalue weighted by Gasteiger charge is -2.12. The van der Waals surface area contributed by atoms with Crippen LogP contribution in [0.15, 0.2) is 72.3 Å². The van der Waals surface area contributed by atoms with Crippen LogP contribution in [0.4, 0.5) is 5.69 Å². The van der Waals surface area contributed by atoms with Gasteiger partial charge in [-0.3, -0.25) is 4.79 Å². The quantitative estimate of drug-likeness (QED) is 0.379. The van der Waals surface area contributed by atoms with Crippen molar-refractivity contribution in [3.05, 3.63) is 94.0 Å². The first-order chi connectivity index (χ1) is 15.0. The van der Waals surface area contributed by atoms with Gasteiger partial charge in [0, 0.05) is 0 Å². The molecule has 0 bridgehead atoms. The van der Waals surface area contributed by atoms with E-state index in [9.17, 15) is 10.1 Å². The van der Waals surface area contributed by atoms with Crippen molar-refractivity contribution in [2.75, 3.05) is 12.4 Å². The summed E-state index contributed by atoms with van der Waals surface area (Å²) in [6.07, 6.45) is 1.49. The molecule has 6 heteroatoms. The van der Waals surface area contributed by atoms with E-state index in [4.69, 9.17) is 21.1 Å². The van der Waals surface area contributed by atoms with Gasteiger partial charge >= 0.3 is 0 Å². The molecule has 0 saturated heterocycles. The molecule has 0 heterocycles.